The molecule has 2 aromatic rings. The van der Waals surface area contributed by atoms with E-state index in [1.165, 1.54) is 7.05 Å². The summed E-state index contributed by atoms with van der Waals surface area (Å²) >= 11 is 6.10. The molecular weight excluding hydrogens is 348 g/mol. The Balaban J connectivity index is 1.95. The maximum atomic E-state index is 12.0. The molecule has 0 radical (unpaired) electrons. The van der Waals surface area contributed by atoms with Gasteiger partial charge in [-0.05, 0) is 25.1 Å². The topological polar surface area (TPSA) is 105 Å². The number of nitrogens with one attached hydrogen (secondary N) is 3. The van der Waals surface area contributed by atoms with Gasteiger partial charge in [0.05, 0.1) is 17.8 Å². The number of amides is 2. The van der Waals surface area contributed by atoms with Crippen molar-refractivity contribution < 1.29 is 19.1 Å². The van der Waals surface area contributed by atoms with E-state index in [2.05, 4.69) is 20.8 Å². The number of likely N-dealkylation sites (N-methyl/N-ethyl adjacent to an activating group) is 1. The van der Waals surface area contributed by atoms with Gasteiger partial charge in [0.2, 0.25) is 5.91 Å². The average Bonchev–Trinajstić information content (AvgIpc) is 3.08. The van der Waals surface area contributed by atoms with E-state index in [-0.39, 0.29) is 18.2 Å². The molecule has 0 bridgehead atoms. The summed E-state index contributed by atoms with van der Waals surface area (Å²) in [4.78, 5) is 23.5. The van der Waals surface area contributed by atoms with Crippen LogP contribution in [0.4, 0.5) is 0 Å². The number of halogens is 1. The predicted octanol–water partition coefficient (Wildman–Crippen LogP) is 1.51. The first kappa shape index (κ1) is 18.6. The second-order valence-corrected chi connectivity index (χ2v) is 5.58. The number of carbonyl (C=O) groups is 2. The fourth-order valence-electron chi connectivity index (χ4n) is 1.99. The number of rotatable bonds is 7. The summed E-state index contributed by atoms with van der Waals surface area (Å²) in [6.07, 6.45) is 0. The van der Waals surface area contributed by atoms with Crippen molar-refractivity contribution in [1.29, 1.82) is 0 Å². The fraction of sp³-hybridized carbons (Fsp3) is 0.312. The first-order valence-corrected chi connectivity index (χ1v) is 7.85. The van der Waals surface area contributed by atoms with Crippen LogP contribution in [0.3, 0.4) is 0 Å². The summed E-state index contributed by atoms with van der Waals surface area (Å²) in [5.41, 5.74) is 0.750. The quantitative estimate of drug-likeness (QED) is 0.689. The lowest BCUT2D eigenvalue weighted by Gasteiger charge is -2.10. The van der Waals surface area contributed by atoms with E-state index < -0.39 is 11.9 Å². The summed E-state index contributed by atoms with van der Waals surface area (Å²) in [6.45, 7) is 1.73. The van der Waals surface area contributed by atoms with Crippen LogP contribution in [0.15, 0.2) is 24.3 Å². The van der Waals surface area contributed by atoms with Crippen LogP contribution in [-0.2, 0) is 11.4 Å². The normalized spacial score (nSPS) is 11.5. The van der Waals surface area contributed by atoms with Crippen LogP contribution >= 0.6 is 11.6 Å². The summed E-state index contributed by atoms with van der Waals surface area (Å²) in [6, 6.07) is 5.95. The number of methoxy groups -OCH3 is 1. The molecule has 9 heteroatoms. The maximum absolute atomic E-state index is 12.0. The van der Waals surface area contributed by atoms with Crippen molar-refractivity contribution in [2.24, 2.45) is 0 Å². The standard InChI is InChI=1S/C16H19ClN4O4/c1-9(15(22)18-2)19-16(23)13-6-10(20-21-13)8-25-14-5-4-11(24-3)7-12(14)17/h4-7,9H,8H2,1-3H3,(H,18,22)(H,19,23)(H,20,21)/t9-/m0/s1. The molecule has 25 heavy (non-hydrogen) atoms. The Labute approximate surface area is 149 Å². The highest BCUT2D eigenvalue weighted by molar-refractivity contribution is 6.32. The number of benzene rings is 1. The average molecular weight is 367 g/mol. The molecule has 0 aliphatic rings. The third kappa shape index (κ3) is 4.87. The molecule has 134 valence electrons. The van der Waals surface area contributed by atoms with Gasteiger partial charge in [0.25, 0.3) is 5.91 Å². The minimum absolute atomic E-state index is 0.150. The molecule has 1 aromatic carbocycles. The van der Waals surface area contributed by atoms with Crippen LogP contribution in [-0.4, -0.2) is 42.2 Å². The summed E-state index contributed by atoms with van der Waals surface area (Å²) in [5, 5.41) is 12.0. The van der Waals surface area contributed by atoms with Crippen molar-refractivity contribution in [3.8, 4) is 11.5 Å². The number of carbonyl (C=O) groups excluding carboxylic acids is 2. The maximum Gasteiger partial charge on any atom is 0.272 e. The molecule has 1 aromatic heterocycles. The van der Waals surface area contributed by atoms with E-state index in [4.69, 9.17) is 21.1 Å². The first-order chi connectivity index (χ1) is 11.9. The highest BCUT2D eigenvalue weighted by Crippen LogP contribution is 2.29. The third-order valence-electron chi connectivity index (χ3n) is 3.37. The van der Waals surface area contributed by atoms with Crippen LogP contribution < -0.4 is 20.1 Å². The molecule has 2 rings (SSSR count). The summed E-state index contributed by atoms with van der Waals surface area (Å²) in [7, 11) is 3.05. The molecule has 0 aliphatic heterocycles. The molecule has 0 aliphatic carbocycles. The van der Waals surface area contributed by atoms with Crippen molar-refractivity contribution >= 4 is 23.4 Å². The molecular formula is C16H19ClN4O4. The molecule has 1 atom stereocenters. The fourth-order valence-corrected chi connectivity index (χ4v) is 2.21. The zero-order chi connectivity index (χ0) is 18.4. The number of aromatic nitrogens is 2. The van der Waals surface area contributed by atoms with Crippen LogP contribution in [0.5, 0.6) is 11.5 Å². The smallest absolute Gasteiger partial charge is 0.272 e. The Hall–Kier alpha value is -2.74. The lowest BCUT2D eigenvalue weighted by atomic mass is 10.3. The number of H-pyrrole nitrogens is 1. The number of ether oxygens (including phenoxy) is 2. The number of hydrogen-bond donors (Lipinski definition) is 3. The minimum Gasteiger partial charge on any atom is -0.497 e. The van der Waals surface area contributed by atoms with Gasteiger partial charge < -0.3 is 20.1 Å². The van der Waals surface area contributed by atoms with Crippen LogP contribution in [0.2, 0.25) is 5.02 Å². The Morgan fingerprint density at radius 3 is 2.76 bits per heavy atom. The van der Waals surface area contributed by atoms with Crippen LogP contribution in [0.25, 0.3) is 0 Å². The lowest BCUT2D eigenvalue weighted by Crippen LogP contribution is -2.43. The van der Waals surface area contributed by atoms with Gasteiger partial charge in [0.1, 0.15) is 29.8 Å². The lowest BCUT2D eigenvalue weighted by molar-refractivity contribution is -0.122. The van der Waals surface area contributed by atoms with Crippen molar-refractivity contribution in [2.45, 2.75) is 19.6 Å². The van der Waals surface area contributed by atoms with Gasteiger partial charge in [-0.25, -0.2) is 0 Å². The highest BCUT2D eigenvalue weighted by Gasteiger charge is 2.17. The third-order valence-corrected chi connectivity index (χ3v) is 3.67. The van der Waals surface area contributed by atoms with E-state index in [0.29, 0.717) is 22.2 Å². The summed E-state index contributed by atoms with van der Waals surface area (Å²) in [5.74, 6) is 0.363. The van der Waals surface area contributed by atoms with Crippen LogP contribution in [0, 0.1) is 0 Å². The minimum atomic E-state index is -0.660. The van der Waals surface area contributed by atoms with Crippen molar-refractivity contribution in [1.82, 2.24) is 20.8 Å². The molecule has 0 unspecified atom stereocenters. The van der Waals surface area contributed by atoms with Crippen LogP contribution in [0.1, 0.15) is 23.1 Å². The second kappa shape index (κ2) is 8.39. The molecule has 3 N–H and O–H groups in total. The van der Waals surface area contributed by atoms with Crippen molar-refractivity contribution in [2.75, 3.05) is 14.2 Å². The first-order valence-electron chi connectivity index (χ1n) is 7.47. The Morgan fingerprint density at radius 2 is 2.12 bits per heavy atom. The molecule has 0 saturated carbocycles. The monoisotopic (exact) mass is 366 g/mol. The van der Waals surface area contributed by atoms with E-state index in [1.54, 1.807) is 38.3 Å². The zero-order valence-corrected chi connectivity index (χ0v) is 14.8. The molecule has 0 spiro atoms. The molecule has 2 amide bonds. The zero-order valence-electron chi connectivity index (χ0n) is 14.1. The molecule has 8 nitrogen and oxygen atoms in total. The number of nitrogens with zero attached hydrogens (tertiary/aromatic N) is 1. The van der Waals surface area contributed by atoms with E-state index >= 15 is 0 Å². The van der Waals surface area contributed by atoms with E-state index in [1.807, 2.05) is 0 Å². The Bertz CT molecular complexity index is 762. The van der Waals surface area contributed by atoms with Gasteiger partial charge in [-0.15, -0.1) is 0 Å². The largest absolute Gasteiger partial charge is 0.497 e. The molecule has 0 fully saturated rings. The van der Waals surface area contributed by atoms with E-state index in [0.717, 1.165) is 0 Å². The number of hydrogen-bond acceptors (Lipinski definition) is 5. The highest BCUT2D eigenvalue weighted by atomic mass is 35.5. The second-order valence-electron chi connectivity index (χ2n) is 5.17. The molecule has 1 heterocycles. The predicted molar refractivity (Wildman–Crippen MR) is 91.9 cm³/mol. The summed E-state index contributed by atoms with van der Waals surface area (Å²) < 4.78 is 10.7. The van der Waals surface area contributed by atoms with Gasteiger partial charge in [0.15, 0.2) is 0 Å². The van der Waals surface area contributed by atoms with Crippen molar-refractivity contribution in [3.05, 3.63) is 40.7 Å². The van der Waals surface area contributed by atoms with Gasteiger partial charge in [-0.2, -0.15) is 5.10 Å². The van der Waals surface area contributed by atoms with Gasteiger partial charge >= 0.3 is 0 Å². The van der Waals surface area contributed by atoms with Gasteiger partial charge in [-0.1, -0.05) is 11.6 Å². The molecule has 0 saturated heterocycles. The SMILES string of the molecule is CNC(=O)[C@H](C)NC(=O)c1cc(COc2ccc(OC)cc2Cl)[nH]n1. The van der Waals surface area contributed by atoms with Gasteiger partial charge in [0, 0.05) is 13.1 Å². The number of aromatic amines is 1. The Morgan fingerprint density at radius 1 is 1.36 bits per heavy atom. The van der Waals surface area contributed by atoms with Gasteiger partial charge in [-0.3, -0.25) is 14.7 Å². The van der Waals surface area contributed by atoms with E-state index in [9.17, 15) is 9.59 Å². The van der Waals surface area contributed by atoms with Crippen molar-refractivity contribution in [3.63, 3.8) is 0 Å². The Kier molecular flexibility index (Phi) is 6.24.